The molecule has 0 unspecified atom stereocenters. The summed E-state index contributed by atoms with van der Waals surface area (Å²) in [5.74, 6) is -1.04. The number of primary amides is 1. The molecule has 0 atom stereocenters. The van der Waals surface area contributed by atoms with E-state index in [4.69, 9.17) is 5.73 Å². The fourth-order valence-electron chi connectivity index (χ4n) is 2.19. The predicted octanol–water partition coefficient (Wildman–Crippen LogP) is 1.43. The average molecular weight is 361 g/mol. The second-order valence-electron chi connectivity index (χ2n) is 5.23. The van der Waals surface area contributed by atoms with Crippen LogP contribution in [0.1, 0.15) is 17.3 Å². The first-order valence-electron chi connectivity index (χ1n) is 7.59. The molecule has 2 aromatic rings. The van der Waals surface area contributed by atoms with E-state index in [1.165, 1.54) is 36.4 Å². The van der Waals surface area contributed by atoms with Crippen LogP contribution in [-0.4, -0.2) is 37.6 Å². The minimum Gasteiger partial charge on any atom is -0.366 e. The van der Waals surface area contributed by atoms with E-state index in [1.807, 2.05) is 0 Å². The highest BCUT2D eigenvalue weighted by Crippen LogP contribution is 2.15. The van der Waals surface area contributed by atoms with Crippen molar-refractivity contribution in [1.29, 1.82) is 0 Å². The lowest BCUT2D eigenvalue weighted by molar-refractivity contribution is -0.116. The van der Waals surface area contributed by atoms with Crippen LogP contribution in [0.3, 0.4) is 0 Å². The zero-order valence-electron chi connectivity index (χ0n) is 13.7. The van der Waals surface area contributed by atoms with Crippen molar-refractivity contribution in [3.8, 4) is 0 Å². The van der Waals surface area contributed by atoms with E-state index in [0.717, 1.165) is 4.31 Å². The highest BCUT2D eigenvalue weighted by Gasteiger charge is 2.24. The van der Waals surface area contributed by atoms with Gasteiger partial charge in [-0.3, -0.25) is 9.59 Å². The molecule has 0 aliphatic heterocycles. The van der Waals surface area contributed by atoms with Gasteiger partial charge in [0.1, 0.15) is 0 Å². The molecule has 25 heavy (non-hydrogen) atoms. The second kappa shape index (κ2) is 7.91. The van der Waals surface area contributed by atoms with Gasteiger partial charge < -0.3 is 11.1 Å². The number of carbonyl (C=O) groups excluding carboxylic acids is 2. The van der Waals surface area contributed by atoms with Gasteiger partial charge in [-0.15, -0.1) is 0 Å². The molecular formula is C17H19N3O4S. The van der Waals surface area contributed by atoms with Crippen LogP contribution in [0, 0.1) is 0 Å². The van der Waals surface area contributed by atoms with E-state index >= 15 is 0 Å². The van der Waals surface area contributed by atoms with Gasteiger partial charge in [-0.1, -0.05) is 25.1 Å². The van der Waals surface area contributed by atoms with E-state index in [9.17, 15) is 18.0 Å². The summed E-state index contributed by atoms with van der Waals surface area (Å²) in [5, 5.41) is 2.60. The van der Waals surface area contributed by atoms with Crippen LogP contribution < -0.4 is 11.1 Å². The van der Waals surface area contributed by atoms with Gasteiger partial charge in [0, 0.05) is 17.8 Å². The number of rotatable bonds is 7. The molecular weight excluding hydrogens is 342 g/mol. The molecule has 3 N–H and O–H groups in total. The number of benzene rings is 2. The van der Waals surface area contributed by atoms with E-state index in [0.29, 0.717) is 11.3 Å². The van der Waals surface area contributed by atoms with Crippen molar-refractivity contribution >= 4 is 27.5 Å². The van der Waals surface area contributed by atoms with Crippen LogP contribution in [-0.2, 0) is 14.8 Å². The third-order valence-corrected chi connectivity index (χ3v) is 5.44. The number of anilines is 1. The first kappa shape index (κ1) is 18.6. The molecule has 0 heterocycles. The number of hydrogen-bond acceptors (Lipinski definition) is 4. The van der Waals surface area contributed by atoms with Gasteiger partial charge in [0.2, 0.25) is 21.8 Å². The van der Waals surface area contributed by atoms with Crippen molar-refractivity contribution in [3.05, 3.63) is 60.2 Å². The summed E-state index contributed by atoms with van der Waals surface area (Å²) < 4.78 is 26.2. The normalized spacial score (nSPS) is 11.3. The summed E-state index contributed by atoms with van der Waals surface area (Å²) in [6, 6.07) is 14.0. The van der Waals surface area contributed by atoms with E-state index < -0.39 is 21.8 Å². The van der Waals surface area contributed by atoms with Crippen molar-refractivity contribution in [1.82, 2.24) is 4.31 Å². The first-order chi connectivity index (χ1) is 11.8. The van der Waals surface area contributed by atoms with Gasteiger partial charge >= 0.3 is 0 Å². The van der Waals surface area contributed by atoms with Crippen molar-refractivity contribution in [3.63, 3.8) is 0 Å². The summed E-state index contributed by atoms with van der Waals surface area (Å²) in [6.45, 7) is 1.51. The van der Waals surface area contributed by atoms with Crippen LogP contribution in [0.25, 0.3) is 0 Å². The number of likely N-dealkylation sites (N-methyl/N-ethyl adjacent to an activating group) is 1. The van der Waals surface area contributed by atoms with Crippen LogP contribution in [0.15, 0.2) is 59.5 Å². The van der Waals surface area contributed by atoms with Crippen molar-refractivity contribution in [2.75, 3.05) is 18.4 Å². The van der Waals surface area contributed by atoms with Crippen molar-refractivity contribution in [2.24, 2.45) is 5.73 Å². The topological polar surface area (TPSA) is 110 Å². The molecule has 7 nitrogen and oxygen atoms in total. The smallest absolute Gasteiger partial charge is 0.248 e. The fraction of sp³-hybridized carbons (Fsp3) is 0.176. The molecule has 2 rings (SSSR count). The standard InChI is InChI=1S/C17H19N3O4S/c1-2-20(25(23,24)15-6-4-3-5-7-15)12-16(21)19-14-10-8-13(9-11-14)17(18)22/h3-11H,2,12H2,1H3,(H2,18,22)(H,19,21). The molecule has 0 spiro atoms. The Bertz CT molecular complexity index is 849. The molecule has 2 aromatic carbocycles. The minimum absolute atomic E-state index is 0.135. The lowest BCUT2D eigenvalue weighted by Crippen LogP contribution is -2.37. The average Bonchev–Trinajstić information content (AvgIpc) is 2.60. The van der Waals surface area contributed by atoms with Gasteiger partial charge in [0.15, 0.2) is 0 Å². The van der Waals surface area contributed by atoms with Crippen LogP contribution in [0.4, 0.5) is 5.69 Å². The second-order valence-corrected chi connectivity index (χ2v) is 7.17. The molecule has 8 heteroatoms. The molecule has 0 saturated carbocycles. The summed E-state index contributed by atoms with van der Waals surface area (Å²) in [7, 11) is -3.75. The van der Waals surface area contributed by atoms with Crippen molar-refractivity contribution < 1.29 is 18.0 Å². The Kier molecular flexibility index (Phi) is 5.89. The Balaban J connectivity index is 2.08. The Morgan fingerprint density at radius 1 is 1.04 bits per heavy atom. The molecule has 0 aromatic heterocycles. The zero-order chi connectivity index (χ0) is 18.4. The van der Waals surface area contributed by atoms with E-state index in [1.54, 1.807) is 25.1 Å². The summed E-state index contributed by atoms with van der Waals surface area (Å²) >= 11 is 0. The summed E-state index contributed by atoms with van der Waals surface area (Å²) in [4.78, 5) is 23.3. The number of amides is 2. The number of nitrogens with zero attached hydrogens (tertiary/aromatic N) is 1. The molecule has 0 saturated heterocycles. The number of nitrogens with one attached hydrogen (secondary N) is 1. The molecule has 0 aliphatic rings. The van der Waals surface area contributed by atoms with Crippen molar-refractivity contribution in [2.45, 2.75) is 11.8 Å². The first-order valence-corrected chi connectivity index (χ1v) is 9.03. The van der Waals surface area contributed by atoms with Gasteiger partial charge in [-0.2, -0.15) is 4.31 Å². The third-order valence-electron chi connectivity index (χ3n) is 3.51. The van der Waals surface area contributed by atoms with Gasteiger partial charge in [0.05, 0.1) is 11.4 Å². The maximum absolute atomic E-state index is 12.6. The largest absolute Gasteiger partial charge is 0.366 e. The molecule has 0 bridgehead atoms. The highest BCUT2D eigenvalue weighted by atomic mass is 32.2. The molecule has 132 valence electrons. The van der Waals surface area contributed by atoms with Gasteiger partial charge in [0.25, 0.3) is 0 Å². The van der Waals surface area contributed by atoms with Gasteiger partial charge in [-0.05, 0) is 36.4 Å². The Labute approximate surface area is 146 Å². The van der Waals surface area contributed by atoms with E-state index in [-0.39, 0.29) is 18.0 Å². The summed E-state index contributed by atoms with van der Waals surface area (Å²) in [6.07, 6.45) is 0. The monoisotopic (exact) mass is 361 g/mol. The third kappa shape index (κ3) is 4.65. The number of sulfonamides is 1. The zero-order valence-corrected chi connectivity index (χ0v) is 14.5. The van der Waals surface area contributed by atoms with Gasteiger partial charge in [-0.25, -0.2) is 8.42 Å². The SMILES string of the molecule is CCN(CC(=O)Nc1ccc(C(N)=O)cc1)S(=O)(=O)c1ccccc1. The predicted molar refractivity (Wildman–Crippen MR) is 94.5 cm³/mol. The molecule has 2 amide bonds. The Morgan fingerprint density at radius 2 is 1.64 bits per heavy atom. The van der Waals surface area contributed by atoms with Crippen LogP contribution in [0.5, 0.6) is 0 Å². The van der Waals surface area contributed by atoms with Crippen LogP contribution >= 0.6 is 0 Å². The number of nitrogens with two attached hydrogens (primary N) is 1. The molecule has 0 fully saturated rings. The highest BCUT2D eigenvalue weighted by molar-refractivity contribution is 7.89. The Morgan fingerprint density at radius 3 is 2.16 bits per heavy atom. The quantitative estimate of drug-likeness (QED) is 0.777. The molecule has 0 radical (unpaired) electrons. The Hall–Kier alpha value is -2.71. The maximum atomic E-state index is 12.6. The van der Waals surface area contributed by atoms with Crippen LogP contribution in [0.2, 0.25) is 0 Å². The lowest BCUT2D eigenvalue weighted by atomic mass is 10.2. The number of hydrogen-bond donors (Lipinski definition) is 2. The maximum Gasteiger partial charge on any atom is 0.248 e. The minimum atomic E-state index is -3.75. The fourth-order valence-corrected chi connectivity index (χ4v) is 3.61. The lowest BCUT2D eigenvalue weighted by Gasteiger charge is -2.20. The number of carbonyl (C=O) groups is 2. The summed E-state index contributed by atoms with van der Waals surface area (Å²) in [5.41, 5.74) is 5.92. The van der Waals surface area contributed by atoms with E-state index in [2.05, 4.69) is 5.32 Å². The molecule has 0 aliphatic carbocycles.